The number of carboxylic acids is 1. The second kappa shape index (κ2) is 9.49. The summed E-state index contributed by atoms with van der Waals surface area (Å²) in [5.41, 5.74) is 0.849. The molecule has 0 radical (unpaired) electrons. The Kier molecular flexibility index (Phi) is 7.67. The van der Waals surface area contributed by atoms with Crippen LogP contribution in [0.3, 0.4) is 0 Å². The topological polar surface area (TPSA) is 119 Å². The summed E-state index contributed by atoms with van der Waals surface area (Å²) in [6.45, 7) is 4.02. The number of nitrogens with one attached hydrogen (secondary N) is 1. The van der Waals surface area contributed by atoms with E-state index in [2.05, 4.69) is 10.2 Å². The van der Waals surface area contributed by atoms with E-state index in [1.807, 2.05) is 13.8 Å². The number of rotatable bonds is 10. The Morgan fingerprint density at radius 1 is 1.38 bits per heavy atom. The molecule has 0 aliphatic heterocycles. The van der Waals surface area contributed by atoms with Crippen LogP contribution in [0.25, 0.3) is 0 Å². The highest BCUT2D eigenvalue weighted by Crippen LogP contribution is 2.15. The standard InChI is InChI=1S/C16H22N2O6/c1-11(2)6-13(8-15(19)20)9-17-16(21)14-5-3-4-12(7-14)10-24-18(22)23/h3-5,7,11,13H,6,8-10H2,1-2H3,(H,17,21)(H,19,20). The van der Waals surface area contributed by atoms with Crippen LogP contribution in [-0.2, 0) is 16.2 Å². The van der Waals surface area contributed by atoms with Crippen molar-refractivity contribution < 1.29 is 24.6 Å². The lowest BCUT2D eigenvalue weighted by atomic mass is 9.94. The van der Waals surface area contributed by atoms with Crippen molar-refractivity contribution in [3.8, 4) is 0 Å². The molecule has 1 atom stereocenters. The van der Waals surface area contributed by atoms with Crippen molar-refractivity contribution in [3.05, 3.63) is 45.5 Å². The smallest absolute Gasteiger partial charge is 0.303 e. The highest BCUT2D eigenvalue weighted by molar-refractivity contribution is 5.94. The minimum Gasteiger partial charge on any atom is -0.481 e. The van der Waals surface area contributed by atoms with Gasteiger partial charge < -0.3 is 15.3 Å². The maximum atomic E-state index is 12.2. The molecule has 0 fully saturated rings. The van der Waals surface area contributed by atoms with Gasteiger partial charge in [-0.3, -0.25) is 9.59 Å². The van der Waals surface area contributed by atoms with Crippen LogP contribution >= 0.6 is 0 Å². The summed E-state index contributed by atoms with van der Waals surface area (Å²) >= 11 is 0. The average molecular weight is 338 g/mol. The van der Waals surface area contributed by atoms with Crippen molar-refractivity contribution in [1.29, 1.82) is 0 Å². The fourth-order valence-electron chi connectivity index (χ4n) is 2.42. The average Bonchev–Trinajstić information content (AvgIpc) is 2.49. The van der Waals surface area contributed by atoms with Crippen molar-refractivity contribution >= 4 is 11.9 Å². The first-order valence-electron chi connectivity index (χ1n) is 7.64. The summed E-state index contributed by atoms with van der Waals surface area (Å²) < 4.78 is 0. The Bertz CT molecular complexity index is 588. The van der Waals surface area contributed by atoms with Crippen LogP contribution in [-0.4, -0.2) is 28.6 Å². The lowest BCUT2D eigenvalue weighted by Gasteiger charge is -2.18. The Hall–Kier alpha value is -2.64. The van der Waals surface area contributed by atoms with Crippen molar-refractivity contribution in [2.75, 3.05) is 6.54 Å². The molecule has 8 heteroatoms. The monoisotopic (exact) mass is 338 g/mol. The highest BCUT2D eigenvalue weighted by Gasteiger charge is 2.16. The number of carboxylic acid groups (broad SMARTS) is 1. The van der Waals surface area contributed by atoms with Gasteiger partial charge in [0.1, 0.15) is 6.61 Å². The van der Waals surface area contributed by atoms with Crippen LogP contribution in [0.2, 0.25) is 0 Å². The summed E-state index contributed by atoms with van der Waals surface area (Å²) in [7, 11) is 0. The third kappa shape index (κ3) is 7.57. The third-order valence-electron chi connectivity index (χ3n) is 3.35. The van der Waals surface area contributed by atoms with Crippen molar-refractivity contribution in [2.45, 2.75) is 33.3 Å². The lowest BCUT2D eigenvalue weighted by molar-refractivity contribution is -0.763. The predicted molar refractivity (Wildman–Crippen MR) is 85.8 cm³/mol. The van der Waals surface area contributed by atoms with Gasteiger partial charge in [0.15, 0.2) is 0 Å². The second-order valence-corrected chi connectivity index (χ2v) is 6.00. The van der Waals surface area contributed by atoms with Gasteiger partial charge in [-0.1, -0.05) is 26.0 Å². The van der Waals surface area contributed by atoms with Gasteiger partial charge in [0.05, 0.1) is 0 Å². The molecule has 1 amide bonds. The molecule has 0 aliphatic carbocycles. The van der Waals surface area contributed by atoms with E-state index < -0.39 is 11.1 Å². The van der Waals surface area contributed by atoms with Crippen molar-refractivity contribution in [1.82, 2.24) is 5.32 Å². The molecule has 24 heavy (non-hydrogen) atoms. The number of aliphatic carboxylic acids is 1. The summed E-state index contributed by atoms with van der Waals surface area (Å²) in [5.74, 6) is -1.06. The highest BCUT2D eigenvalue weighted by atomic mass is 16.9. The zero-order chi connectivity index (χ0) is 18.1. The Balaban J connectivity index is 2.63. The summed E-state index contributed by atoms with van der Waals surface area (Å²) in [6, 6.07) is 6.32. The minimum absolute atomic E-state index is 0.00479. The molecule has 0 heterocycles. The van der Waals surface area contributed by atoms with E-state index in [0.29, 0.717) is 23.5 Å². The van der Waals surface area contributed by atoms with Crippen molar-refractivity contribution in [3.63, 3.8) is 0 Å². The predicted octanol–water partition coefficient (Wildman–Crippen LogP) is 2.26. The lowest BCUT2D eigenvalue weighted by Crippen LogP contribution is -2.31. The molecule has 1 unspecified atom stereocenters. The van der Waals surface area contributed by atoms with Crippen LogP contribution in [0.15, 0.2) is 24.3 Å². The van der Waals surface area contributed by atoms with E-state index in [9.17, 15) is 19.7 Å². The van der Waals surface area contributed by atoms with E-state index in [1.165, 1.54) is 6.07 Å². The van der Waals surface area contributed by atoms with Gasteiger partial charge in [0.2, 0.25) is 0 Å². The van der Waals surface area contributed by atoms with Gasteiger partial charge >= 0.3 is 5.97 Å². The number of hydrogen-bond acceptors (Lipinski definition) is 5. The Morgan fingerprint density at radius 2 is 2.08 bits per heavy atom. The molecule has 1 rings (SSSR count). The first kappa shape index (κ1) is 19.4. The van der Waals surface area contributed by atoms with Crippen LogP contribution < -0.4 is 5.32 Å². The quantitative estimate of drug-likeness (QED) is 0.499. The van der Waals surface area contributed by atoms with E-state index in [-0.39, 0.29) is 31.4 Å². The first-order valence-corrected chi connectivity index (χ1v) is 7.64. The molecule has 0 saturated carbocycles. The number of hydrogen-bond donors (Lipinski definition) is 2. The molecule has 0 aliphatic rings. The van der Waals surface area contributed by atoms with E-state index in [4.69, 9.17) is 5.11 Å². The fourth-order valence-corrected chi connectivity index (χ4v) is 2.42. The normalized spacial score (nSPS) is 11.8. The van der Waals surface area contributed by atoms with Crippen LogP contribution in [0.5, 0.6) is 0 Å². The Morgan fingerprint density at radius 3 is 2.67 bits per heavy atom. The number of benzene rings is 1. The summed E-state index contributed by atoms with van der Waals surface area (Å²) in [6.07, 6.45) is 0.693. The van der Waals surface area contributed by atoms with Gasteiger partial charge in [-0.25, -0.2) is 0 Å². The molecular formula is C16H22N2O6. The SMILES string of the molecule is CC(C)CC(CNC(=O)c1cccc(CO[N+](=O)[O-])c1)CC(=O)O. The zero-order valence-electron chi connectivity index (χ0n) is 13.7. The van der Waals surface area contributed by atoms with Crippen LogP contribution in [0.4, 0.5) is 0 Å². The molecule has 132 valence electrons. The molecule has 0 saturated heterocycles. The molecule has 1 aromatic rings. The number of carbonyl (C=O) groups excluding carboxylic acids is 1. The van der Waals surface area contributed by atoms with Gasteiger partial charge in [-0.05, 0) is 36.0 Å². The minimum atomic E-state index is -0.895. The van der Waals surface area contributed by atoms with Gasteiger partial charge in [-0.15, -0.1) is 10.1 Å². The maximum absolute atomic E-state index is 12.2. The molecule has 0 aromatic heterocycles. The molecule has 1 aromatic carbocycles. The van der Waals surface area contributed by atoms with E-state index >= 15 is 0 Å². The maximum Gasteiger partial charge on any atom is 0.303 e. The van der Waals surface area contributed by atoms with Crippen LogP contribution in [0.1, 0.15) is 42.6 Å². The van der Waals surface area contributed by atoms with E-state index in [1.54, 1.807) is 18.2 Å². The zero-order valence-corrected chi connectivity index (χ0v) is 13.7. The molecule has 2 N–H and O–H groups in total. The van der Waals surface area contributed by atoms with Gasteiger partial charge in [-0.2, -0.15) is 0 Å². The number of nitrogens with zero attached hydrogens (tertiary/aromatic N) is 1. The summed E-state index contributed by atoms with van der Waals surface area (Å²) in [5, 5.41) is 21.0. The van der Waals surface area contributed by atoms with Gasteiger partial charge in [0, 0.05) is 18.5 Å². The van der Waals surface area contributed by atoms with Gasteiger partial charge in [0.25, 0.3) is 11.0 Å². The Labute approximate surface area is 139 Å². The first-order chi connectivity index (χ1) is 11.3. The van der Waals surface area contributed by atoms with Crippen molar-refractivity contribution in [2.24, 2.45) is 11.8 Å². The second-order valence-electron chi connectivity index (χ2n) is 6.00. The molecular weight excluding hydrogens is 316 g/mol. The molecule has 8 nitrogen and oxygen atoms in total. The number of carbonyl (C=O) groups is 2. The molecule has 0 bridgehead atoms. The largest absolute Gasteiger partial charge is 0.481 e. The third-order valence-corrected chi connectivity index (χ3v) is 3.35. The van der Waals surface area contributed by atoms with Crippen LogP contribution in [0, 0.1) is 22.0 Å². The summed E-state index contributed by atoms with van der Waals surface area (Å²) in [4.78, 5) is 37.5. The fraction of sp³-hybridized carbons (Fsp3) is 0.500. The number of amides is 1. The molecule has 0 spiro atoms. The van der Waals surface area contributed by atoms with E-state index in [0.717, 1.165) is 0 Å².